The molecule has 0 radical (unpaired) electrons. The lowest BCUT2D eigenvalue weighted by Crippen LogP contribution is -2.32. The van der Waals surface area contributed by atoms with Gasteiger partial charge in [0.1, 0.15) is 23.2 Å². The van der Waals surface area contributed by atoms with Gasteiger partial charge in [0.05, 0.1) is 6.16 Å². The van der Waals surface area contributed by atoms with E-state index < -0.39 is 7.26 Å². The highest BCUT2D eigenvalue weighted by Gasteiger charge is 2.45. The van der Waals surface area contributed by atoms with Crippen LogP contribution in [-0.4, -0.2) is 0 Å². The average Bonchev–Trinajstić information content (AvgIpc) is 2.84. The number of benzene rings is 5. The molecule has 0 unspecified atom stereocenters. The van der Waals surface area contributed by atoms with E-state index in [1.165, 1.54) is 32.2 Å². The van der Waals surface area contributed by atoms with Crippen LogP contribution in [0.3, 0.4) is 0 Å². The van der Waals surface area contributed by atoms with Gasteiger partial charge in [0.2, 0.25) is 0 Å². The fraction of sp³-hybridized carbons (Fsp3) is 0.0345. The first-order valence-electron chi connectivity index (χ1n) is 10.5. The Hall–Kier alpha value is -2.92. The maximum absolute atomic E-state index is 6.30. The predicted octanol–water partition coefficient (Wildman–Crippen LogP) is 6.99. The molecule has 0 atom stereocenters. The molecule has 5 rings (SSSR count). The molecular weight excluding hydrogens is 415 g/mol. The molecule has 0 heterocycles. The zero-order valence-electron chi connectivity index (χ0n) is 17.2. The van der Waals surface area contributed by atoms with Crippen LogP contribution in [0.1, 0.15) is 5.56 Å². The molecule has 0 spiro atoms. The van der Waals surface area contributed by atoms with Crippen molar-refractivity contribution in [3.63, 3.8) is 0 Å². The van der Waals surface area contributed by atoms with Crippen LogP contribution in [0.15, 0.2) is 127 Å². The van der Waals surface area contributed by atoms with Gasteiger partial charge in [0.15, 0.2) is 0 Å². The molecule has 0 aliphatic rings. The van der Waals surface area contributed by atoms with Crippen molar-refractivity contribution in [3.8, 4) is 0 Å². The Morgan fingerprint density at radius 1 is 0.484 bits per heavy atom. The van der Waals surface area contributed by atoms with Crippen LogP contribution in [0.5, 0.6) is 0 Å². The molecule has 0 N–H and O–H groups in total. The minimum Gasteiger partial charge on any atom is -0.0843 e. The van der Waals surface area contributed by atoms with Gasteiger partial charge < -0.3 is 0 Å². The van der Waals surface area contributed by atoms with E-state index in [9.17, 15) is 0 Å². The van der Waals surface area contributed by atoms with E-state index >= 15 is 0 Å². The van der Waals surface area contributed by atoms with Crippen molar-refractivity contribution in [1.29, 1.82) is 0 Å². The molecule has 0 aliphatic heterocycles. The van der Waals surface area contributed by atoms with Gasteiger partial charge in [-0.15, -0.1) is 0 Å². The lowest BCUT2D eigenvalue weighted by molar-refractivity contribution is 1.41. The summed E-state index contributed by atoms with van der Waals surface area (Å²) in [5.41, 5.74) is 1.33. The summed E-state index contributed by atoms with van der Waals surface area (Å²) in [6.45, 7) is 0. The molecule has 5 aromatic rings. The number of hydrogen-bond donors (Lipinski definition) is 0. The predicted molar refractivity (Wildman–Crippen MR) is 138 cm³/mol. The molecule has 0 aliphatic carbocycles. The second-order valence-corrected chi connectivity index (χ2v) is 11.7. The molecule has 31 heavy (non-hydrogen) atoms. The van der Waals surface area contributed by atoms with Gasteiger partial charge in [0.25, 0.3) is 0 Å². The van der Waals surface area contributed by atoms with E-state index in [0.717, 1.165) is 11.2 Å². The molecular formula is C29H23ClP+. The van der Waals surface area contributed by atoms with Crippen molar-refractivity contribution in [1.82, 2.24) is 0 Å². The molecule has 0 aromatic heterocycles. The zero-order chi connectivity index (χ0) is 21.1. The Bertz CT molecular complexity index is 1200. The number of hydrogen-bond acceptors (Lipinski definition) is 0. The summed E-state index contributed by atoms with van der Waals surface area (Å²) in [5.74, 6) is 0. The SMILES string of the molecule is Clc1ccc2ccc(C[P+](c3ccccc3)(c3ccccc3)c3ccccc3)cc2c1. The molecule has 0 saturated carbocycles. The van der Waals surface area contributed by atoms with Crippen LogP contribution in [0.2, 0.25) is 5.02 Å². The highest BCUT2D eigenvalue weighted by atomic mass is 35.5. The van der Waals surface area contributed by atoms with Gasteiger partial charge in [-0.3, -0.25) is 0 Å². The summed E-state index contributed by atoms with van der Waals surface area (Å²) in [7, 11) is -1.90. The Labute approximate surface area is 189 Å². The van der Waals surface area contributed by atoms with Crippen molar-refractivity contribution < 1.29 is 0 Å². The second-order valence-electron chi connectivity index (χ2n) is 7.80. The lowest BCUT2D eigenvalue weighted by atomic mass is 10.1. The monoisotopic (exact) mass is 437 g/mol. The number of rotatable bonds is 5. The first-order valence-corrected chi connectivity index (χ1v) is 12.8. The van der Waals surface area contributed by atoms with E-state index in [1.54, 1.807) is 0 Å². The lowest BCUT2D eigenvalue weighted by Gasteiger charge is -2.28. The fourth-order valence-electron chi connectivity index (χ4n) is 4.41. The summed E-state index contributed by atoms with van der Waals surface area (Å²) >= 11 is 6.30. The minimum absolute atomic E-state index is 0.778. The standard InChI is InChI=1S/C29H23ClP/c30-26-19-18-24-17-16-23(20-25(24)21-26)22-31(27-10-4-1-5-11-27,28-12-6-2-7-13-28)29-14-8-3-9-15-29/h1-21H,22H2/q+1. The highest BCUT2D eigenvalue weighted by molar-refractivity contribution is 7.95. The van der Waals surface area contributed by atoms with Gasteiger partial charge in [0, 0.05) is 5.02 Å². The Balaban J connectivity index is 1.76. The normalized spacial score (nSPS) is 11.5. The van der Waals surface area contributed by atoms with E-state index in [-0.39, 0.29) is 0 Å². The van der Waals surface area contributed by atoms with Gasteiger partial charge in [-0.05, 0) is 70.9 Å². The van der Waals surface area contributed by atoms with Crippen LogP contribution in [0, 0.1) is 0 Å². The van der Waals surface area contributed by atoms with Crippen LogP contribution >= 0.6 is 18.9 Å². The summed E-state index contributed by atoms with van der Waals surface area (Å²) < 4.78 is 0. The van der Waals surface area contributed by atoms with E-state index in [4.69, 9.17) is 11.6 Å². The molecule has 0 fully saturated rings. The summed E-state index contributed by atoms with van der Waals surface area (Å²) in [5, 5.41) is 7.39. The van der Waals surface area contributed by atoms with E-state index in [1.807, 2.05) is 6.07 Å². The number of fused-ring (bicyclic) bond motifs is 1. The maximum atomic E-state index is 6.30. The average molecular weight is 438 g/mol. The van der Waals surface area contributed by atoms with Crippen LogP contribution in [0.25, 0.3) is 10.8 Å². The molecule has 5 aromatic carbocycles. The van der Waals surface area contributed by atoms with Gasteiger partial charge in [-0.25, -0.2) is 0 Å². The van der Waals surface area contributed by atoms with Crippen molar-refractivity contribution in [2.24, 2.45) is 0 Å². The van der Waals surface area contributed by atoms with Gasteiger partial charge in [-0.1, -0.05) is 84.4 Å². The van der Waals surface area contributed by atoms with Crippen LogP contribution < -0.4 is 15.9 Å². The quantitative estimate of drug-likeness (QED) is 0.260. The first-order chi connectivity index (χ1) is 15.3. The second kappa shape index (κ2) is 8.67. The number of halogens is 1. The van der Waals surface area contributed by atoms with Crippen molar-refractivity contribution in [2.75, 3.05) is 0 Å². The third-order valence-electron chi connectivity index (χ3n) is 5.88. The molecule has 0 nitrogen and oxygen atoms in total. The molecule has 0 bridgehead atoms. The topological polar surface area (TPSA) is 0 Å². The Kier molecular flexibility index (Phi) is 5.60. The van der Waals surface area contributed by atoms with Gasteiger partial charge in [-0.2, -0.15) is 0 Å². The molecule has 2 heteroatoms. The third-order valence-corrected chi connectivity index (χ3v) is 10.5. The largest absolute Gasteiger partial charge is 0.116 e. The van der Waals surface area contributed by atoms with E-state index in [0.29, 0.717) is 0 Å². The smallest absolute Gasteiger partial charge is 0.0843 e. The summed E-state index contributed by atoms with van der Waals surface area (Å²) in [4.78, 5) is 0. The molecule has 0 amide bonds. The Morgan fingerprint density at radius 2 is 0.968 bits per heavy atom. The summed E-state index contributed by atoms with van der Waals surface area (Å²) in [6.07, 6.45) is 0.966. The zero-order valence-corrected chi connectivity index (χ0v) is 18.8. The fourth-order valence-corrected chi connectivity index (χ4v) is 8.82. The van der Waals surface area contributed by atoms with Crippen LogP contribution in [0.4, 0.5) is 0 Å². The van der Waals surface area contributed by atoms with Gasteiger partial charge >= 0.3 is 0 Å². The van der Waals surface area contributed by atoms with Crippen molar-refractivity contribution in [2.45, 2.75) is 6.16 Å². The first kappa shape index (κ1) is 20.0. The van der Waals surface area contributed by atoms with Crippen molar-refractivity contribution >= 4 is 45.5 Å². The molecule has 150 valence electrons. The third kappa shape index (κ3) is 3.90. The highest BCUT2D eigenvalue weighted by Crippen LogP contribution is 2.58. The minimum atomic E-state index is -1.90. The van der Waals surface area contributed by atoms with Crippen LogP contribution in [-0.2, 0) is 6.16 Å². The van der Waals surface area contributed by atoms with E-state index in [2.05, 4.69) is 121 Å². The van der Waals surface area contributed by atoms with Crippen molar-refractivity contribution in [3.05, 3.63) is 138 Å². The molecule has 0 saturated heterocycles. The Morgan fingerprint density at radius 3 is 1.48 bits per heavy atom. The maximum Gasteiger partial charge on any atom is 0.116 e. The summed E-state index contributed by atoms with van der Waals surface area (Å²) in [6, 6.07) is 46.0.